The zero-order chi connectivity index (χ0) is 17.4. The van der Waals surface area contributed by atoms with Crippen molar-refractivity contribution in [3.05, 3.63) is 59.9 Å². The topological polar surface area (TPSA) is 93.5 Å². The third-order valence-corrected chi connectivity index (χ3v) is 3.13. The molecule has 3 amide bonds. The number of carbonyl (C=O) groups excluding carboxylic acids is 2. The highest BCUT2D eigenvalue weighted by Gasteiger charge is 2.05. The van der Waals surface area contributed by atoms with Crippen molar-refractivity contribution in [2.24, 2.45) is 5.73 Å². The van der Waals surface area contributed by atoms with E-state index in [-0.39, 0.29) is 25.4 Å². The second-order valence-electron chi connectivity index (χ2n) is 4.99. The molecule has 6 nitrogen and oxygen atoms in total. The molecule has 0 radical (unpaired) electrons. The van der Waals surface area contributed by atoms with E-state index in [0.29, 0.717) is 17.0 Å². The van der Waals surface area contributed by atoms with Gasteiger partial charge in [0.25, 0.3) is 0 Å². The zero-order valence-electron chi connectivity index (χ0n) is 12.9. The van der Waals surface area contributed by atoms with E-state index >= 15 is 0 Å². The number of primary amides is 1. The Balaban J connectivity index is 1.79. The quantitative estimate of drug-likeness (QED) is 0.727. The Labute approximate surface area is 138 Å². The summed E-state index contributed by atoms with van der Waals surface area (Å²) in [5, 5.41) is 5.21. The maximum absolute atomic E-state index is 13.4. The average Bonchev–Trinajstić information content (AvgIpc) is 2.55. The van der Waals surface area contributed by atoms with Crippen molar-refractivity contribution in [1.82, 2.24) is 5.32 Å². The highest BCUT2D eigenvalue weighted by atomic mass is 19.1. The number of urea groups is 1. The smallest absolute Gasteiger partial charge is 0.319 e. The van der Waals surface area contributed by atoms with Crippen LogP contribution in [0.1, 0.15) is 12.0 Å². The fraction of sp³-hybridized carbons (Fsp3) is 0.176. The number of benzene rings is 2. The Bertz CT molecular complexity index is 704. The number of rotatable bonds is 7. The van der Waals surface area contributed by atoms with Gasteiger partial charge in [-0.05, 0) is 30.3 Å². The van der Waals surface area contributed by atoms with Gasteiger partial charge in [0.2, 0.25) is 5.91 Å². The minimum Gasteiger partial charge on any atom is -0.493 e. The Morgan fingerprint density at radius 2 is 1.79 bits per heavy atom. The number of carbonyl (C=O) groups is 2. The molecule has 0 aliphatic carbocycles. The number of hydrogen-bond donors (Lipinski definition) is 3. The normalized spacial score (nSPS) is 10.0. The van der Waals surface area contributed by atoms with Gasteiger partial charge in [-0.25, -0.2) is 9.18 Å². The molecule has 0 aromatic heterocycles. The molecule has 126 valence electrons. The van der Waals surface area contributed by atoms with E-state index in [0.717, 1.165) is 0 Å². The highest BCUT2D eigenvalue weighted by molar-refractivity contribution is 5.89. The van der Waals surface area contributed by atoms with Crippen LogP contribution in [0.3, 0.4) is 0 Å². The van der Waals surface area contributed by atoms with E-state index in [1.54, 1.807) is 42.5 Å². The van der Waals surface area contributed by atoms with Gasteiger partial charge in [-0.1, -0.05) is 18.2 Å². The molecule has 0 heterocycles. The van der Waals surface area contributed by atoms with Crippen LogP contribution in [0.25, 0.3) is 0 Å². The molecule has 0 saturated heterocycles. The van der Waals surface area contributed by atoms with Gasteiger partial charge in [0, 0.05) is 17.8 Å². The molecular weight excluding hydrogens is 313 g/mol. The molecule has 0 unspecified atom stereocenters. The van der Waals surface area contributed by atoms with E-state index in [4.69, 9.17) is 10.5 Å². The summed E-state index contributed by atoms with van der Waals surface area (Å²) in [6.45, 7) is 0.290. The first-order chi connectivity index (χ1) is 11.5. The zero-order valence-corrected chi connectivity index (χ0v) is 12.9. The number of amides is 3. The molecule has 0 aliphatic rings. The second kappa shape index (κ2) is 8.52. The van der Waals surface area contributed by atoms with Crippen molar-refractivity contribution in [2.75, 3.05) is 11.9 Å². The lowest BCUT2D eigenvalue weighted by Crippen LogP contribution is -2.28. The van der Waals surface area contributed by atoms with E-state index in [2.05, 4.69) is 10.6 Å². The van der Waals surface area contributed by atoms with Crippen molar-refractivity contribution in [1.29, 1.82) is 0 Å². The number of hydrogen-bond acceptors (Lipinski definition) is 3. The summed E-state index contributed by atoms with van der Waals surface area (Å²) in [7, 11) is 0. The average molecular weight is 331 g/mol. The minimum absolute atomic E-state index is 0.0901. The van der Waals surface area contributed by atoms with Crippen LogP contribution in [0, 0.1) is 5.82 Å². The summed E-state index contributed by atoms with van der Waals surface area (Å²) in [5.41, 5.74) is 5.99. The predicted molar refractivity (Wildman–Crippen MR) is 88.0 cm³/mol. The molecule has 0 bridgehead atoms. The number of nitrogens with one attached hydrogen (secondary N) is 2. The lowest BCUT2D eigenvalue weighted by Gasteiger charge is -2.09. The lowest BCUT2D eigenvalue weighted by molar-refractivity contribution is -0.118. The van der Waals surface area contributed by atoms with Crippen LogP contribution in [0.15, 0.2) is 48.5 Å². The number of anilines is 1. The molecule has 4 N–H and O–H groups in total. The van der Waals surface area contributed by atoms with Crippen LogP contribution < -0.4 is 21.1 Å². The summed E-state index contributed by atoms with van der Waals surface area (Å²) in [4.78, 5) is 22.4. The van der Waals surface area contributed by atoms with E-state index in [1.807, 2.05) is 0 Å². The van der Waals surface area contributed by atoms with Crippen LogP contribution in [0.5, 0.6) is 5.75 Å². The standard InChI is InChI=1S/C17H18FN3O3/c18-15-4-2-1-3-12(15)11-20-17(23)21-13-5-7-14(8-6-13)24-10-9-16(19)22/h1-8H,9-11H2,(H2,19,22)(H2,20,21,23). The van der Waals surface area contributed by atoms with Crippen LogP contribution in [-0.2, 0) is 11.3 Å². The molecule has 0 aliphatic heterocycles. The summed E-state index contributed by atoms with van der Waals surface area (Å²) in [6.07, 6.45) is 0.137. The van der Waals surface area contributed by atoms with Crippen molar-refractivity contribution >= 4 is 17.6 Å². The first kappa shape index (κ1) is 17.3. The summed E-state index contributed by atoms with van der Waals surface area (Å²) in [6, 6.07) is 12.4. The highest BCUT2D eigenvalue weighted by Crippen LogP contribution is 2.15. The van der Waals surface area contributed by atoms with E-state index in [1.165, 1.54) is 6.07 Å². The van der Waals surface area contributed by atoms with Gasteiger partial charge in [0.15, 0.2) is 0 Å². The molecule has 0 saturated carbocycles. The van der Waals surface area contributed by atoms with Crippen molar-refractivity contribution in [3.8, 4) is 5.75 Å². The summed E-state index contributed by atoms with van der Waals surface area (Å²) < 4.78 is 18.8. The Hall–Kier alpha value is -3.09. The maximum Gasteiger partial charge on any atom is 0.319 e. The molecular formula is C17H18FN3O3. The number of nitrogens with two attached hydrogens (primary N) is 1. The molecule has 2 aromatic rings. The number of ether oxygens (including phenoxy) is 1. The fourth-order valence-corrected chi connectivity index (χ4v) is 1.90. The molecule has 7 heteroatoms. The lowest BCUT2D eigenvalue weighted by atomic mass is 10.2. The van der Waals surface area contributed by atoms with Crippen LogP contribution in [0.4, 0.5) is 14.9 Å². The van der Waals surface area contributed by atoms with Crippen LogP contribution >= 0.6 is 0 Å². The summed E-state index contributed by atoms with van der Waals surface area (Å²) in [5.74, 6) is -0.233. The van der Waals surface area contributed by atoms with E-state index < -0.39 is 11.9 Å². The first-order valence-corrected chi connectivity index (χ1v) is 7.34. The van der Waals surface area contributed by atoms with Gasteiger partial charge in [-0.3, -0.25) is 4.79 Å². The molecule has 0 fully saturated rings. The van der Waals surface area contributed by atoms with Crippen molar-refractivity contribution in [3.63, 3.8) is 0 Å². The van der Waals surface area contributed by atoms with Gasteiger partial charge in [0.1, 0.15) is 11.6 Å². The molecule has 2 rings (SSSR count). The second-order valence-corrected chi connectivity index (χ2v) is 4.99. The first-order valence-electron chi connectivity index (χ1n) is 7.34. The van der Waals surface area contributed by atoms with Gasteiger partial charge in [-0.2, -0.15) is 0 Å². The van der Waals surface area contributed by atoms with Crippen molar-refractivity contribution < 1.29 is 18.7 Å². The largest absolute Gasteiger partial charge is 0.493 e. The Morgan fingerprint density at radius 3 is 2.46 bits per heavy atom. The SMILES string of the molecule is NC(=O)CCOc1ccc(NC(=O)NCc2ccccc2F)cc1. The predicted octanol–water partition coefficient (Wildman–Crippen LogP) is 2.40. The molecule has 24 heavy (non-hydrogen) atoms. The summed E-state index contributed by atoms with van der Waals surface area (Å²) >= 11 is 0. The third kappa shape index (κ3) is 5.60. The van der Waals surface area contributed by atoms with Gasteiger partial charge >= 0.3 is 6.03 Å². The number of halogens is 1. The van der Waals surface area contributed by atoms with Crippen molar-refractivity contribution in [2.45, 2.75) is 13.0 Å². The Kier molecular flexibility index (Phi) is 6.13. The van der Waals surface area contributed by atoms with Crippen LogP contribution in [0.2, 0.25) is 0 Å². The van der Waals surface area contributed by atoms with E-state index in [9.17, 15) is 14.0 Å². The van der Waals surface area contributed by atoms with Crippen LogP contribution in [-0.4, -0.2) is 18.5 Å². The molecule has 0 spiro atoms. The monoisotopic (exact) mass is 331 g/mol. The van der Waals surface area contributed by atoms with Gasteiger partial charge in [-0.15, -0.1) is 0 Å². The van der Waals surface area contributed by atoms with Gasteiger partial charge < -0.3 is 21.1 Å². The molecule has 2 aromatic carbocycles. The fourth-order valence-electron chi connectivity index (χ4n) is 1.90. The maximum atomic E-state index is 13.4. The minimum atomic E-state index is -0.444. The Morgan fingerprint density at radius 1 is 1.08 bits per heavy atom. The van der Waals surface area contributed by atoms with Gasteiger partial charge in [0.05, 0.1) is 13.0 Å². The third-order valence-electron chi connectivity index (χ3n) is 3.13. The molecule has 0 atom stereocenters.